The molecule has 0 spiro atoms. The number of nitrogens with zero attached hydrogens (tertiary/aromatic N) is 4. The van der Waals surface area contributed by atoms with Crippen molar-refractivity contribution in [1.82, 2.24) is 19.9 Å². The quantitative estimate of drug-likeness (QED) is 0.212. The van der Waals surface area contributed by atoms with Gasteiger partial charge in [-0.05, 0) is 86.7 Å². The molecule has 1 saturated heterocycles. The Hall–Kier alpha value is -3.98. The van der Waals surface area contributed by atoms with E-state index in [1.165, 1.54) is 0 Å². The second-order valence-electron chi connectivity index (χ2n) is 10.5. The lowest BCUT2D eigenvalue weighted by Gasteiger charge is -2.31. The topological polar surface area (TPSA) is 85.5 Å². The van der Waals surface area contributed by atoms with Crippen molar-refractivity contribution in [3.8, 4) is 34.2 Å². The Bertz CT molecular complexity index is 1470. The molecule has 4 aromatic rings. The summed E-state index contributed by atoms with van der Waals surface area (Å²) in [7, 11) is 1.66. The first kappa shape index (κ1) is 28.5. The van der Waals surface area contributed by atoms with E-state index < -0.39 is 0 Å². The van der Waals surface area contributed by atoms with Crippen molar-refractivity contribution < 1.29 is 18.3 Å². The Kier molecular flexibility index (Phi) is 9.14. The molecule has 1 N–H and O–H groups in total. The fraction of sp³-hybridized carbons (Fsp3) is 0.406. The van der Waals surface area contributed by atoms with Crippen molar-refractivity contribution in [2.45, 2.75) is 52.6 Å². The minimum Gasteiger partial charge on any atom is -0.497 e. The molecule has 1 aliphatic rings. The highest BCUT2D eigenvalue weighted by Gasteiger charge is 2.22. The van der Waals surface area contributed by atoms with Crippen LogP contribution in [0.15, 0.2) is 53.1 Å². The van der Waals surface area contributed by atoms with Crippen molar-refractivity contribution in [2.24, 2.45) is 0 Å². The summed E-state index contributed by atoms with van der Waals surface area (Å²) in [4.78, 5) is 16.2. The number of alkyl halides is 1. The van der Waals surface area contributed by atoms with Crippen LogP contribution in [0.25, 0.3) is 22.7 Å². The zero-order valence-electron chi connectivity index (χ0n) is 24.2. The van der Waals surface area contributed by atoms with Crippen LogP contribution in [0.2, 0.25) is 0 Å². The maximum atomic E-state index is 12.6. The number of rotatable bonds is 11. The third-order valence-electron chi connectivity index (χ3n) is 7.24. The maximum absolute atomic E-state index is 12.6. The van der Waals surface area contributed by atoms with Crippen LogP contribution in [0.4, 0.5) is 16.0 Å². The number of anilines is 2. The van der Waals surface area contributed by atoms with Crippen LogP contribution in [-0.2, 0) is 6.42 Å². The molecule has 9 heteroatoms. The molecule has 8 nitrogen and oxygen atoms in total. The van der Waals surface area contributed by atoms with Crippen molar-refractivity contribution in [3.05, 3.63) is 65.7 Å². The monoisotopic (exact) mass is 559 g/mol. The average Bonchev–Trinajstić information content (AvgIpc) is 3.40. The summed E-state index contributed by atoms with van der Waals surface area (Å²) in [6.45, 7) is 8.10. The molecule has 5 rings (SSSR count). The van der Waals surface area contributed by atoms with Crippen molar-refractivity contribution in [3.63, 3.8) is 0 Å². The molecule has 0 radical (unpaired) electrons. The van der Waals surface area contributed by atoms with Crippen LogP contribution in [0.5, 0.6) is 11.5 Å². The molecule has 1 fully saturated rings. The van der Waals surface area contributed by atoms with Gasteiger partial charge in [-0.3, -0.25) is 0 Å². The third-order valence-corrected chi connectivity index (χ3v) is 7.24. The summed E-state index contributed by atoms with van der Waals surface area (Å²) in [5, 5.41) is 3.32. The van der Waals surface area contributed by atoms with Crippen LogP contribution >= 0.6 is 0 Å². The second-order valence-corrected chi connectivity index (χ2v) is 10.5. The largest absolute Gasteiger partial charge is 0.497 e. The van der Waals surface area contributed by atoms with Gasteiger partial charge in [0.25, 0.3) is 0 Å². The second kappa shape index (κ2) is 13.1. The lowest BCUT2D eigenvalue weighted by Crippen LogP contribution is -2.39. The van der Waals surface area contributed by atoms with E-state index in [1.807, 2.05) is 50.2 Å². The van der Waals surface area contributed by atoms with E-state index in [0.717, 1.165) is 78.3 Å². The van der Waals surface area contributed by atoms with Gasteiger partial charge in [0.05, 0.1) is 7.11 Å². The third kappa shape index (κ3) is 7.03. The van der Waals surface area contributed by atoms with Gasteiger partial charge >= 0.3 is 0 Å². The van der Waals surface area contributed by atoms with Crippen LogP contribution < -0.4 is 14.8 Å². The number of hydrogen-bond donors (Lipinski definition) is 1. The molecule has 41 heavy (non-hydrogen) atoms. The summed E-state index contributed by atoms with van der Waals surface area (Å²) in [5.41, 5.74) is 5.23. The molecule has 0 aliphatic carbocycles. The summed E-state index contributed by atoms with van der Waals surface area (Å²) in [5.74, 6) is 3.35. The van der Waals surface area contributed by atoms with Crippen LogP contribution in [0, 0.1) is 13.8 Å². The van der Waals surface area contributed by atoms with E-state index in [9.17, 15) is 4.39 Å². The van der Waals surface area contributed by atoms with Gasteiger partial charge in [0.2, 0.25) is 5.95 Å². The van der Waals surface area contributed by atoms with Crippen molar-refractivity contribution >= 4 is 11.6 Å². The fourth-order valence-electron chi connectivity index (χ4n) is 5.14. The van der Waals surface area contributed by atoms with E-state index in [0.29, 0.717) is 29.8 Å². The first-order valence-corrected chi connectivity index (χ1v) is 14.3. The highest BCUT2D eigenvalue weighted by molar-refractivity contribution is 5.77. The number of aryl methyl sites for hydroxylation is 3. The van der Waals surface area contributed by atoms with Gasteiger partial charge < -0.3 is 24.1 Å². The van der Waals surface area contributed by atoms with Gasteiger partial charge in [0, 0.05) is 43.5 Å². The molecule has 0 bridgehead atoms. The Labute approximate surface area is 240 Å². The number of benzene rings is 2. The fourth-order valence-corrected chi connectivity index (χ4v) is 5.14. The molecule has 2 aromatic heterocycles. The molecule has 0 saturated carbocycles. The molecular weight excluding hydrogens is 521 g/mol. The predicted octanol–water partition coefficient (Wildman–Crippen LogP) is 6.93. The van der Waals surface area contributed by atoms with Gasteiger partial charge in [-0.1, -0.05) is 6.92 Å². The lowest BCUT2D eigenvalue weighted by molar-refractivity contribution is 0.0963. The molecule has 2 aromatic carbocycles. The summed E-state index contributed by atoms with van der Waals surface area (Å²) in [6.07, 6.45) is 5.32. The van der Waals surface area contributed by atoms with Crippen molar-refractivity contribution in [2.75, 3.05) is 38.7 Å². The molecular formula is C32H38FN5O3. The summed E-state index contributed by atoms with van der Waals surface area (Å²) in [6, 6.07) is 13.8. The zero-order valence-corrected chi connectivity index (χ0v) is 24.2. The number of oxazole rings is 1. The van der Waals surface area contributed by atoms with E-state index >= 15 is 0 Å². The summed E-state index contributed by atoms with van der Waals surface area (Å²) >= 11 is 0. The smallest absolute Gasteiger partial charge is 0.227 e. The van der Waals surface area contributed by atoms with Crippen LogP contribution in [-0.4, -0.2) is 59.4 Å². The Morgan fingerprint density at radius 3 is 2.63 bits per heavy atom. The molecule has 0 atom stereocenters. The standard InChI is InChI=1S/C32H38FN5O3/c1-5-6-29-37-30(23-17-21(2)18-26(20-23)39-4)31(41-29)27-9-13-34-32(36-27)35-24-7-8-28(22(3)19-24)40-25-10-14-38(15-11-25)16-12-33/h7-9,13,17-20,25H,5-6,10-12,14-16H2,1-4H3,(H,34,35,36). The Morgan fingerprint density at radius 1 is 1.07 bits per heavy atom. The molecule has 216 valence electrons. The van der Waals surface area contributed by atoms with Gasteiger partial charge in [-0.15, -0.1) is 0 Å². The predicted molar refractivity (Wildman–Crippen MR) is 159 cm³/mol. The van der Waals surface area contributed by atoms with Gasteiger partial charge in [0.15, 0.2) is 11.7 Å². The zero-order chi connectivity index (χ0) is 28.8. The summed E-state index contributed by atoms with van der Waals surface area (Å²) < 4.78 is 30.7. The Balaban J connectivity index is 1.34. The first-order chi connectivity index (χ1) is 19.9. The number of aromatic nitrogens is 3. The highest BCUT2D eigenvalue weighted by atomic mass is 19.1. The van der Waals surface area contributed by atoms with Crippen LogP contribution in [0.1, 0.15) is 43.2 Å². The molecule has 1 aliphatic heterocycles. The number of likely N-dealkylation sites (tertiary alicyclic amines) is 1. The first-order valence-electron chi connectivity index (χ1n) is 14.3. The average molecular weight is 560 g/mol. The van der Waals surface area contributed by atoms with Gasteiger partial charge in [-0.2, -0.15) is 0 Å². The number of ether oxygens (including phenoxy) is 2. The van der Waals surface area contributed by atoms with E-state index in [1.54, 1.807) is 13.3 Å². The lowest BCUT2D eigenvalue weighted by atomic mass is 10.1. The van der Waals surface area contributed by atoms with E-state index in [4.69, 9.17) is 23.9 Å². The van der Waals surface area contributed by atoms with Gasteiger partial charge in [-0.25, -0.2) is 19.3 Å². The number of piperidine rings is 1. The molecule has 3 heterocycles. The van der Waals surface area contributed by atoms with Crippen molar-refractivity contribution in [1.29, 1.82) is 0 Å². The number of nitrogens with one attached hydrogen (secondary N) is 1. The Morgan fingerprint density at radius 2 is 1.90 bits per heavy atom. The minimum atomic E-state index is -0.298. The van der Waals surface area contributed by atoms with E-state index in [-0.39, 0.29) is 12.8 Å². The number of methoxy groups -OCH3 is 1. The number of hydrogen-bond acceptors (Lipinski definition) is 8. The molecule has 0 unspecified atom stereocenters. The van der Waals surface area contributed by atoms with Gasteiger partial charge in [0.1, 0.15) is 35.7 Å². The molecule has 0 amide bonds. The normalized spacial score (nSPS) is 14.3. The highest BCUT2D eigenvalue weighted by Crippen LogP contribution is 2.35. The number of halogens is 1. The SMILES string of the molecule is CCCc1nc(-c2cc(C)cc(OC)c2)c(-c2ccnc(Nc3ccc(OC4CCN(CCF)CC4)c(C)c3)n2)o1. The minimum absolute atomic E-state index is 0.144. The maximum Gasteiger partial charge on any atom is 0.227 e. The van der Waals surface area contributed by atoms with Crippen LogP contribution in [0.3, 0.4) is 0 Å². The van der Waals surface area contributed by atoms with E-state index in [2.05, 4.69) is 28.2 Å².